The van der Waals surface area contributed by atoms with E-state index < -0.39 is 0 Å². The van der Waals surface area contributed by atoms with Crippen molar-refractivity contribution in [2.75, 3.05) is 11.9 Å². The zero-order valence-electron chi connectivity index (χ0n) is 14.7. The van der Waals surface area contributed by atoms with Gasteiger partial charge in [-0.1, -0.05) is 33.6 Å². The molecular formula is C21H16BrClN2O3. The van der Waals surface area contributed by atoms with Gasteiger partial charge in [-0.15, -0.1) is 0 Å². The lowest BCUT2D eigenvalue weighted by Crippen LogP contribution is -2.35. The Balaban J connectivity index is 1.52. The summed E-state index contributed by atoms with van der Waals surface area (Å²) < 4.78 is 6.00. The molecule has 0 fully saturated rings. The van der Waals surface area contributed by atoms with E-state index in [1.54, 1.807) is 35.2 Å². The monoisotopic (exact) mass is 458 g/mol. The predicted molar refractivity (Wildman–Crippen MR) is 111 cm³/mol. The Kier molecular flexibility index (Phi) is 5.24. The molecule has 28 heavy (non-hydrogen) atoms. The van der Waals surface area contributed by atoms with Gasteiger partial charge in [-0.05, 0) is 60.0 Å². The van der Waals surface area contributed by atoms with Gasteiger partial charge in [0.2, 0.25) is 0 Å². The van der Waals surface area contributed by atoms with Crippen molar-refractivity contribution in [1.29, 1.82) is 0 Å². The van der Waals surface area contributed by atoms with Gasteiger partial charge in [0, 0.05) is 23.2 Å². The topological polar surface area (TPSA) is 62.6 Å². The zero-order valence-corrected chi connectivity index (χ0v) is 17.1. The van der Waals surface area contributed by atoms with Crippen molar-refractivity contribution in [3.05, 3.63) is 86.7 Å². The number of carbonyl (C=O) groups is 2. The van der Waals surface area contributed by atoms with Crippen molar-refractivity contribution in [3.8, 4) is 0 Å². The highest BCUT2D eigenvalue weighted by Gasteiger charge is 2.24. The molecule has 2 amide bonds. The van der Waals surface area contributed by atoms with Crippen molar-refractivity contribution in [1.82, 2.24) is 4.90 Å². The first kappa shape index (κ1) is 18.8. The quantitative estimate of drug-likeness (QED) is 0.589. The molecule has 5 nitrogen and oxygen atoms in total. The molecule has 0 aliphatic carbocycles. The normalized spacial score (nSPS) is 13.1. The first-order valence-electron chi connectivity index (χ1n) is 8.72. The van der Waals surface area contributed by atoms with Crippen LogP contribution in [0.2, 0.25) is 5.02 Å². The van der Waals surface area contributed by atoms with E-state index in [0.717, 1.165) is 16.5 Å². The number of carbonyl (C=O) groups excluding carboxylic acids is 2. The number of nitrogens with one attached hydrogen (secondary N) is 1. The molecule has 1 N–H and O–H groups in total. The fraction of sp³-hybridized carbons (Fsp3) is 0.143. The molecule has 1 aromatic heterocycles. The standard InChI is InChI=1S/C21H16BrClN2O3/c22-15-4-6-18(23)17(11-15)20(26)24-16-5-3-13-7-8-25(12-14(13)10-16)21(27)19-2-1-9-28-19/h1-6,9-11H,7-8,12H2,(H,24,26). The molecule has 1 aliphatic heterocycles. The summed E-state index contributed by atoms with van der Waals surface area (Å²) in [7, 11) is 0. The number of hydrogen-bond acceptors (Lipinski definition) is 3. The second-order valence-corrected chi connectivity index (χ2v) is 7.84. The number of halogens is 2. The van der Waals surface area contributed by atoms with E-state index in [1.165, 1.54) is 11.8 Å². The minimum atomic E-state index is -0.287. The molecule has 0 bridgehead atoms. The molecular weight excluding hydrogens is 444 g/mol. The summed E-state index contributed by atoms with van der Waals surface area (Å²) in [5.41, 5.74) is 3.22. The maximum Gasteiger partial charge on any atom is 0.289 e. The molecule has 0 unspecified atom stereocenters. The van der Waals surface area contributed by atoms with Crippen LogP contribution in [0.25, 0.3) is 0 Å². The zero-order chi connectivity index (χ0) is 19.7. The molecule has 0 saturated heterocycles. The summed E-state index contributed by atoms with van der Waals surface area (Å²) >= 11 is 9.49. The van der Waals surface area contributed by atoms with Crippen LogP contribution in [0.3, 0.4) is 0 Å². The highest BCUT2D eigenvalue weighted by Crippen LogP contribution is 2.26. The van der Waals surface area contributed by atoms with Crippen molar-refractivity contribution in [3.63, 3.8) is 0 Å². The van der Waals surface area contributed by atoms with Gasteiger partial charge >= 0.3 is 0 Å². The largest absolute Gasteiger partial charge is 0.459 e. The third-order valence-corrected chi connectivity index (χ3v) is 5.49. The van der Waals surface area contributed by atoms with Crippen LogP contribution < -0.4 is 5.32 Å². The minimum Gasteiger partial charge on any atom is -0.459 e. The van der Waals surface area contributed by atoms with Crippen LogP contribution in [0.1, 0.15) is 32.0 Å². The summed E-state index contributed by atoms with van der Waals surface area (Å²) in [5, 5.41) is 3.27. The van der Waals surface area contributed by atoms with Crippen LogP contribution in [0, 0.1) is 0 Å². The lowest BCUT2D eigenvalue weighted by atomic mass is 9.98. The molecule has 2 heterocycles. The summed E-state index contributed by atoms with van der Waals surface area (Å²) in [6.45, 7) is 1.10. The summed E-state index contributed by atoms with van der Waals surface area (Å²) in [5.74, 6) is -0.0891. The van der Waals surface area contributed by atoms with Gasteiger partial charge in [0.05, 0.1) is 16.8 Å². The molecule has 1 aliphatic rings. The Bertz CT molecular complexity index is 1050. The molecule has 3 aromatic rings. The third-order valence-electron chi connectivity index (χ3n) is 4.67. The van der Waals surface area contributed by atoms with Crippen LogP contribution in [0.5, 0.6) is 0 Å². The van der Waals surface area contributed by atoms with Crippen LogP contribution in [0.15, 0.2) is 63.7 Å². The molecule has 4 rings (SSSR count). The van der Waals surface area contributed by atoms with Crippen LogP contribution >= 0.6 is 27.5 Å². The Labute approximate surface area is 175 Å². The van der Waals surface area contributed by atoms with E-state index in [9.17, 15) is 9.59 Å². The lowest BCUT2D eigenvalue weighted by Gasteiger charge is -2.28. The molecule has 0 saturated carbocycles. The van der Waals surface area contributed by atoms with E-state index in [0.29, 0.717) is 35.1 Å². The van der Waals surface area contributed by atoms with Crippen molar-refractivity contribution in [2.24, 2.45) is 0 Å². The molecule has 7 heteroatoms. The maximum absolute atomic E-state index is 12.6. The molecule has 0 spiro atoms. The number of benzene rings is 2. The Morgan fingerprint density at radius 2 is 1.96 bits per heavy atom. The van der Waals surface area contributed by atoms with E-state index in [2.05, 4.69) is 21.2 Å². The van der Waals surface area contributed by atoms with Gasteiger partial charge in [0.15, 0.2) is 5.76 Å². The average Bonchev–Trinajstić information content (AvgIpc) is 3.23. The Morgan fingerprint density at radius 1 is 1.11 bits per heavy atom. The number of amides is 2. The molecule has 142 valence electrons. The van der Waals surface area contributed by atoms with Crippen LogP contribution in [-0.2, 0) is 13.0 Å². The average molecular weight is 460 g/mol. The smallest absolute Gasteiger partial charge is 0.289 e. The number of furan rings is 1. The Morgan fingerprint density at radius 3 is 2.75 bits per heavy atom. The lowest BCUT2D eigenvalue weighted by molar-refractivity contribution is 0.0702. The summed E-state index contributed by atoms with van der Waals surface area (Å²) in [6, 6.07) is 14.3. The van der Waals surface area contributed by atoms with Crippen molar-refractivity contribution >= 4 is 45.0 Å². The second kappa shape index (κ2) is 7.81. The first-order chi connectivity index (χ1) is 13.5. The van der Waals surface area contributed by atoms with E-state index in [-0.39, 0.29) is 11.8 Å². The summed E-state index contributed by atoms with van der Waals surface area (Å²) in [4.78, 5) is 26.9. The second-order valence-electron chi connectivity index (χ2n) is 6.52. The molecule has 0 radical (unpaired) electrons. The number of anilines is 1. The van der Waals surface area contributed by atoms with Crippen LogP contribution in [0.4, 0.5) is 5.69 Å². The minimum absolute atomic E-state index is 0.133. The fourth-order valence-corrected chi connectivity index (χ4v) is 3.80. The van der Waals surface area contributed by atoms with Gasteiger partial charge in [-0.3, -0.25) is 9.59 Å². The predicted octanol–water partition coefficient (Wildman–Crippen LogP) is 5.15. The van der Waals surface area contributed by atoms with Gasteiger partial charge < -0.3 is 14.6 Å². The van der Waals surface area contributed by atoms with Gasteiger partial charge in [-0.25, -0.2) is 0 Å². The SMILES string of the molecule is O=C(Nc1ccc2c(c1)CN(C(=O)c1ccco1)CC2)c1cc(Br)ccc1Cl. The van der Waals surface area contributed by atoms with Crippen LogP contribution in [-0.4, -0.2) is 23.3 Å². The number of hydrogen-bond donors (Lipinski definition) is 1. The highest BCUT2D eigenvalue weighted by atomic mass is 79.9. The number of nitrogens with zero attached hydrogens (tertiary/aromatic N) is 1. The van der Waals surface area contributed by atoms with E-state index in [1.807, 2.05) is 18.2 Å². The Hall–Kier alpha value is -2.57. The highest BCUT2D eigenvalue weighted by molar-refractivity contribution is 9.10. The van der Waals surface area contributed by atoms with Gasteiger partial charge in [-0.2, -0.15) is 0 Å². The fourth-order valence-electron chi connectivity index (χ4n) is 3.23. The summed E-state index contributed by atoms with van der Waals surface area (Å²) in [6.07, 6.45) is 2.25. The first-order valence-corrected chi connectivity index (χ1v) is 9.89. The van der Waals surface area contributed by atoms with Crippen molar-refractivity contribution in [2.45, 2.75) is 13.0 Å². The van der Waals surface area contributed by atoms with Gasteiger partial charge in [0.25, 0.3) is 11.8 Å². The van der Waals surface area contributed by atoms with E-state index >= 15 is 0 Å². The van der Waals surface area contributed by atoms with Gasteiger partial charge in [0.1, 0.15) is 0 Å². The van der Waals surface area contributed by atoms with Crippen molar-refractivity contribution < 1.29 is 14.0 Å². The number of fused-ring (bicyclic) bond motifs is 1. The molecule has 0 atom stereocenters. The third kappa shape index (κ3) is 3.84. The number of rotatable bonds is 3. The molecule has 2 aromatic carbocycles. The maximum atomic E-state index is 12.6. The van der Waals surface area contributed by atoms with E-state index in [4.69, 9.17) is 16.0 Å².